The van der Waals surface area contributed by atoms with Gasteiger partial charge >= 0.3 is 0 Å². The highest BCUT2D eigenvalue weighted by Crippen LogP contribution is 2.53. The van der Waals surface area contributed by atoms with Crippen LogP contribution in [0.15, 0.2) is 85.0 Å². The normalized spacial score (nSPS) is 28.9. The first-order chi connectivity index (χ1) is 20.0. The van der Waals surface area contributed by atoms with Crippen molar-refractivity contribution < 1.29 is 24.2 Å². The van der Waals surface area contributed by atoms with E-state index in [9.17, 15) is 19.5 Å². The van der Waals surface area contributed by atoms with Crippen LogP contribution in [0.2, 0.25) is 0 Å². The van der Waals surface area contributed by atoms with Gasteiger partial charge in [0.1, 0.15) is 11.6 Å². The van der Waals surface area contributed by atoms with Gasteiger partial charge in [-0.2, -0.15) is 0 Å². The number of aliphatic hydroxyl groups excluding tert-OH is 1. The maximum atomic E-state index is 14.3. The Balaban J connectivity index is 1.34. The molecule has 1 N–H and O–H groups in total. The van der Waals surface area contributed by atoms with Crippen molar-refractivity contribution in [1.82, 2.24) is 14.7 Å². The van der Waals surface area contributed by atoms with Crippen LogP contribution in [0.5, 0.6) is 0 Å². The summed E-state index contributed by atoms with van der Waals surface area (Å²) in [4.78, 5) is 48.0. The second kappa shape index (κ2) is 11.6. The van der Waals surface area contributed by atoms with Gasteiger partial charge in [-0.3, -0.25) is 14.4 Å². The van der Waals surface area contributed by atoms with Crippen molar-refractivity contribution in [1.29, 1.82) is 0 Å². The summed E-state index contributed by atoms with van der Waals surface area (Å²) >= 11 is 0. The standard InChI is InChI=1S/C33H37N3O5/c37-21-9-3-8-20-36-29-32(40)35(23-25-14-6-2-7-15-25)19-11-17-33(29)28(31(36)39)27-26(41-33)16-10-18-34(30(27)38)22-24-12-4-1-5-13-24/h1-2,4-7,10-17,26-29,37H,3,8-9,18-23H2/t26-,27+,28+,29?,33+/m1/s1. The Morgan fingerprint density at radius 3 is 2.07 bits per heavy atom. The number of likely N-dealkylation sites (tertiary alicyclic amines) is 1. The fourth-order valence-corrected chi connectivity index (χ4v) is 6.94. The minimum absolute atomic E-state index is 0.0847. The summed E-state index contributed by atoms with van der Waals surface area (Å²) in [5.41, 5.74) is 0.804. The molecule has 2 fully saturated rings. The van der Waals surface area contributed by atoms with Crippen LogP contribution in [0.1, 0.15) is 30.4 Å². The number of fused-ring (bicyclic) bond motifs is 2. The zero-order valence-electron chi connectivity index (χ0n) is 23.2. The summed E-state index contributed by atoms with van der Waals surface area (Å²) in [6, 6.07) is 18.8. The molecule has 0 aliphatic carbocycles. The molecular weight excluding hydrogens is 518 g/mol. The molecule has 0 bridgehead atoms. The Bertz CT molecular complexity index is 1330. The lowest BCUT2D eigenvalue weighted by molar-refractivity contribution is -0.148. The van der Waals surface area contributed by atoms with E-state index in [0.717, 1.165) is 17.5 Å². The molecule has 0 saturated carbocycles. The van der Waals surface area contributed by atoms with Crippen LogP contribution in [0, 0.1) is 11.8 Å². The van der Waals surface area contributed by atoms with Gasteiger partial charge < -0.3 is 24.5 Å². The highest BCUT2D eigenvalue weighted by Gasteiger charge is 2.71. The average molecular weight is 556 g/mol. The van der Waals surface area contributed by atoms with Gasteiger partial charge in [0.2, 0.25) is 17.7 Å². The van der Waals surface area contributed by atoms with Gasteiger partial charge in [0, 0.05) is 39.3 Å². The molecule has 4 aliphatic rings. The number of carbonyl (C=O) groups excluding carboxylic acids is 3. The molecule has 8 heteroatoms. The lowest BCUT2D eigenvalue weighted by Crippen LogP contribution is -2.55. The summed E-state index contributed by atoms with van der Waals surface area (Å²) < 4.78 is 6.74. The van der Waals surface area contributed by atoms with Crippen molar-refractivity contribution in [2.45, 2.75) is 50.1 Å². The first-order valence-corrected chi connectivity index (χ1v) is 14.6. The predicted molar refractivity (Wildman–Crippen MR) is 153 cm³/mol. The Hall–Kier alpha value is -3.75. The monoisotopic (exact) mass is 555 g/mol. The van der Waals surface area contributed by atoms with Crippen molar-refractivity contribution >= 4 is 17.7 Å². The van der Waals surface area contributed by atoms with E-state index in [1.54, 1.807) is 14.7 Å². The average Bonchev–Trinajstić information content (AvgIpc) is 3.31. The summed E-state index contributed by atoms with van der Waals surface area (Å²) in [7, 11) is 0. The number of hydrogen-bond donors (Lipinski definition) is 1. The number of benzene rings is 2. The Kier molecular flexibility index (Phi) is 7.77. The highest BCUT2D eigenvalue weighted by atomic mass is 16.5. The number of rotatable bonds is 9. The lowest BCUT2D eigenvalue weighted by Gasteiger charge is -2.35. The number of aliphatic hydroxyl groups is 1. The van der Waals surface area contributed by atoms with Crippen molar-refractivity contribution in [3.8, 4) is 0 Å². The van der Waals surface area contributed by atoms with E-state index in [4.69, 9.17) is 4.74 Å². The summed E-state index contributed by atoms with van der Waals surface area (Å²) in [6.45, 7) is 2.15. The van der Waals surface area contributed by atoms with Crippen molar-refractivity contribution in [2.75, 3.05) is 26.2 Å². The number of nitrogens with zero attached hydrogens (tertiary/aromatic N) is 3. The SMILES string of the molecule is O=C1C2N(CCCCCO)C(=O)[C@@H]3[C@H]4C(=O)N(Cc5ccccc5)CC=C[C@H]4O[C@]23C=CCN1Cc1ccccc1. The lowest BCUT2D eigenvalue weighted by atomic mass is 9.77. The minimum Gasteiger partial charge on any atom is -0.396 e. The molecule has 6 rings (SSSR count). The number of ether oxygens (including phenoxy) is 1. The molecule has 1 unspecified atom stereocenters. The molecule has 2 saturated heterocycles. The first-order valence-electron chi connectivity index (χ1n) is 14.6. The predicted octanol–water partition coefficient (Wildman–Crippen LogP) is 2.93. The van der Waals surface area contributed by atoms with E-state index in [2.05, 4.69) is 0 Å². The Labute approximate surface area is 240 Å². The Morgan fingerprint density at radius 1 is 0.780 bits per heavy atom. The quantitative estimate of drug-likeness (QED) is 0.380. The maximum absolute atomic E-state index is 14.3. The van der Waals surface area contributed by atoms with E-state index in [1.165, 1.54) is 0 Å². The summed E-state index contributed by atoms with van der Waals surface area (Å²) in [5, 5.41) is 9.28. The molecule has 41 heavy (non-hydrogen) atoms. The summed E-state index contributed by atoms with van der Waals surface area (Å²) in [5.74, 6) is -1.99. The van der Waals surface area contributed by atoms with E-state index < -0.39 is 29.6 Å². The van der Waals surface area contributed by atoms with Crippen molar-refractivity contribution in [3.05, 3.63) is 96.1 Å². The second-order valence-electron chi connectivity index (χ2n) is 11.4. The zero-order chi connectivity index (χ0) is 28.4. The highest BCUT2D eigenvalue weighted by molar-refractivity contribution is 5.99. The van der Waals surface area contributed by atoms with Crippen molar-refractivity contribution in [2.24, 2.45) is 11.8 Å². The topological polar surface area (TPSA) is 90.4 Å². The van der Waals surface area contributed by atoms with Gasteiger partial charge in [-0.25, -0.2) is 0 Å². The molecule has 214 valence electrons. The molecule has 0 radical (unpaired) electrons. The fourth-order valence-electron chi connectivity index (χ4n) is 6.94. The van der Waals surface area contributed by atoms with Crippen molar-refractivity contribution in [3.63, 3.8) is 0 Å². The van der Waals surface area contributed by atoms with Crippen LogP contribution >= 0.6 is 0 Å². The van der Waals surface area contributed by atoms with Crippen LogP contribution in [-0.2, 0) is 32.2 Å². The summed E-state index contributed by atoms with van der Waals surface area (Å²) in [6.07, 6.45) is 9.11. The molecule has 4 aliphatic heterocycles. The van der Waals surface area contributed by atoms with E-state index in [0.29, 0.717) is 45.6 Å². The molecular formula is C33H37N3O5. The molecule has 8 nitrogen and oxygen atoms in total. The van der Waals surface area contributed by atoms with Crippen LogP contribution in [0.25, 0.3) is 0 Å². The molecule has 4 heterocycles. The third-order valence-electron chi connectivity index (χ3n) is 8.82. The molecule has 2 aromatic carbocycles. The molecule has 5 atom stereocenters. The number of amides is 3. The third-order valence-corrected chi connectivity index (χ3v) is 8.82. The van der Waals surface area contributed by atoms with Crippen LogP contribution in [0.4, 0.5) is 0 Å². The number of unbranched alkanes of at least 4 members (excludes halogenated alkanes) is 2. The third kappa shape index (κ3) is 5.00. The van der Waals surface area contributed by atoms with Crippen LogP contribution in [0.3, 0.4) is 0 Å². The number of hydrogen-bond acceptors (Lipinski definition) is 5. The van der Waals surface area contributed by atoms with E-state index in [-0.39, 0.29) is 24.3 Å². The van der Waals surface area contributed by atoms with E-state index >= 15 is 0 Å². The van der Waals surface area contributed by atoms with Crippen LogP contribution < -0.4 is 0 Å². The Morgan fingerprint density at radius 2 is 1.41 bits per heavy atom. The van der Waals surface area contributed by atoms with Gasteiger partial charge in [-0.15, -0.1) is 0 Å². The maximum Gasteiger partial charge on any atom is 0.249 e. The second-order valence-corrected chi connectivity index (χ2v) is 11.4. The number of carbonyl (C=O) groups is 3. The molecule has 1 spiro atoms. The van der Waals surface area contributed by atoms with Gasteiger partial charge in [0.25, 0.3) is 0 Å². The van der Waals surface area contributed by atoms with Gasteiger partial charge in [0.15, 0.2) is 0 Å². The van der Waals surface area contributed by atoms with Crippen LogP contribution in [-0.4, -0.2) is 81.5 Å². The molecule has 3 amide bonds. The smallest absolute Gasteiger partial charge is 0.249 e. The minimum atomic E-state index is -1.22. The first kappa shape index (κ1) is 27.4. The van der Waals surface area contributed by atoms with Gasteiger partial charge in [-0.05, 0) is 30.4 Å². The van der Waals surface area contributed by atoms with Gasteiger partial charge in [-0.1, -0.05) is 85.0 Å². The molecule has 2 aromatic rings. The largest absolute Gasteiger partial charge is 0.396 e. The zero-order valence-corrected chi connectivity index (χ0v) is 23.2. The molecule has 0 aromatic heterocycles. The van der Waals surface area contributed by atoms with Gasteiger partial charge in [0.05, 0.1) is 17.9 Å². The fraction of sp³-hybridized carbons (Fsp3) is 0.424. The van der Waals surface area contributed by atoms with E-state index in [1.807, 2.05) is 85.0 Å².